The van der Waals surface area contributed by atoms with E-state index in [0.717, 1.165) is 30.8 Å². The lowest BCUT2D eigenvalue weighted by Gasteiger charge is -2.31. The average molecular weight is 330 g/mol. The molecule has 0 N–H and O–H groups in total. The molecule has 2 aliphatic rings. The van der Waals surface area contributed by atoms with E-state index in [4.69, 9.17) is 9.47 Å². The lowest BCUT2D eigenvalue weighted by molar-refractivity contribution is -0.0447. The second-order valence-electron chi connectivity index (χ2n) is 5.86. The molecule has 2 aromatic heterocycles. The van der Waals surface area contributed by atoms with Crippen LogP contribution in [0.25, 0.3) is 0 Å². The van der Waals surface area contributed by atoms with Crippen molar-refractivity contribution in [2.75, 3.05) is 13.2 Å². The SMILES string of the molecule is O=C(c1ccsc1)N1C[C@@H](Oc2cccnc2)[C@H]2OCCC[C@H]21. The first kappa shape index (κ1) is 14.7. The van der Waals surface area contributed by atoms with Crippen LogP contribution in [0, 0.1) is 0 Å². The maximum atomic E-state index is 12.8. The Kier molecular flexibility index (Phi) is 4.01. The standard InChI is InChI=1S/C17H18N2O3S/c20-17(12-5-8-23-11-12)19-10-15(16-14(19)4-2-7-21-16)22-13-3-1-6-18-9-13/h1,3,5-6,8-9,11,14-16H,2,4,7,10H2/t14-,15-,16+/m1/s1. The van der Waals surface area contributed by atoms with Gasteiger partial charge in [0, 0.05) is 18.2 Å². The van der Waals surface area contributed by atoms with Crippen LogP contribution in [0.2, 0.25) is 0 Å². The molecule has 5 nitrogen and oxygen atoms in total. The fourth-order valence-electron chi connectivity index (χ4n) is 3.39. The molecule has 4 rings (SSSR count). The maximum absolute atomic E-state index is 12.8. The third kappa shape index (κ3) is 2.84. The minimum Gasteiger partial charge on any atom is -0.484 e. The molecule has 2 fully saturated rings. The third-order valence-electron chi connectivity index (χ3n) is 4.43. The molecular weight excluding hydrogens is 312 g/mol. The molecule has 0 aromatic carbocycles. The molecule has 0 unspecified atom stereocenters. The van der Waals surface area contributed by atoms with E-state index in [1.165, 1.54) is 0 Å². The van der Waals surface area contributed by atoms with E-state index >= 15 is 0 Å². The van der Waals surface area contributed by atoms with Crippen LogP contribution >= 0.6 is 11.3 Å². The predicted molar refractivity (Wildman–Crippen MR) is 86.8 cm³/mol. The summed E-state index contributed by atoms with van der Waals surface area (Å²) in [6.07, 6.45) is 5.15. The van der Waals surface area contributed by atoms with Crippen LogP contribution in [0.4, 0.5) is 0 Å². The number of thiophene rings is 1. The Bertz CT molecular complexity index is 662. The van der Waals surface area contributed by atoms with Crippen molar-refractivity contribution in [1.82, 2.24) is 9.88 Å². The topological polar surface area (TPSA) is 51.7 Å². The van der Waals surface area contributed by atoms with Gasteiger partial charge in [0.1, 0.15) is 18.0 Å². The summed E-state index contributed by atoms with van der Waals surface area (Å²) in [5.74, 6) is 0.791. The number of hydrogen-bond acceptors (Lipinski definition) is 5. The number of amides is 1. The largest absolute Gasteiger partial charge is 0.484 e. The summed E-state index contributed by atoms with van der Waals surface area (Å²) < 4.78 is 12.0. The second-order valence-corrected chi connectivity index (χ2v) is 6.64. The van der Waals surface area contributed by atoms with Crippen LogP contribution in [-0.4, -0.2) is 47.2 Å². The highest BCUT2D eigenvalue weighted by molar-refractivity contribution is 7.08. The van der Waals surface area contributed by atoms with Crippen LogP contribution in [0.1, 0.15) is 23.2 Å². The molecular formula is C17H18N2O3S. The molecule has 0 bridgehead atoms. The van der Waals surface area contributed by atoms with E-state index in [2.05, 4.69) is 4.98 Å². The van der Waals surface area contributed by atoms with E-state index in [-0.39, 0.29) is 24.2 Å². The third-order valence-corrected chi connectivity index (χ3v) is 5.11. The molecule has 0 aliphatic carbocycles. The number of carbonyl (C=O) groups is 1. The molecule has 2 saturated heterocycles. The summed E-state index contributed by atoms with van der Waals surface area (Å²) in [5.41, 5.74) is 0.751. The molecule has 2 aromatic rings. The van der Waals surface area contributed by atoms with Crippen molar-refractivity contribution in [3.8, 4) is 5.75 Å². The lowest BCUT2D eigenvalue weighted by atomic mass is 10.0. The van der Waals surface area contributed by atoms with Crippen molar-refractivity contribution in [3.63, 3.8) is 0 Å². The summed E-state index contributed by atoms with van der Waals surface area (Å²) >= 11 is 1.54. The van der Waals surface area contributed by atoms with Gasteiger partial charge >= 0.3 is 0 Å². The number of likely N-dealkylation sites (tertiary alicyclic amines) is 1. The molecule has 23 heavy (non-hydrogen) atoms. The number of nitrogens with zero attached hydrogens (tertiary/aromatic N) is 2. The minimum absolute atomic E-state index is 0.0634. The zero-order valence-electron chi connectivity index (χ0n) is 12.6. The molecule has 2 aliphatic heterocycles. The normalized spacial score (nSPS) is 26.8. The van der Waals surface area contributed by atoms with Crippen molar-refractivity contribution in [1.29, 1.82) is 0 Å². The first-order valence-electron chi connectivity index (χ1n) is 7.84. The molecule has 6 heteroatoms. The van der Waals surface area contributed by atoms with Crippen LogP contribution in [0.15, 0.2) is 41.4 Å². The monoisotopic (exact) mass is 330 g/mol. The molecule has 120 valence electrons. The number of hydrogen-bond donors (Lipinski definition) is 0. The Morgan fingerprint density at radius 1 is 1.43 bits per heavy atom. The highest BCUT2D eigenvalue weighted by atomic mass is 32.1. The number of carbonyl (C=O) groups excluding carboxylic acids is 1. The van der Waals surface area contributed by atoms with Crippen molar-refractivity contribution < 1.29 is 14.3 Å². The maximum Gasteiger partial charge on any atom is 0.255 e. The smallest absolute Gasteiger partial charge is 0.255 e. The van der Waals surface area contributed by atoms with Gasteiger partial charge < -0.3 is 14.4 Å². The van der Waals surface area contributed by atoms with Gasteiger partial charge in [-0.25, -0.2) is 0 Å². The molecule has 4 heterocycles. The Morgan fingerprint density at radius 3 is 3.17 bits per heavy atom. The van der Waals surface area contributed by atoms with Gasteiger partial charge in [0.2, 0.25) is 0 Å². The fraction of sp³-hybridized carbons (Fsp3) is 0.412. The highest BCUT2D eigenvalue weighted by Crippen LogP contribution is 2.32. The molecule has 0 radical (unpaired) electrons. The Labute approximate surface area is 138 Å². The fourth-order valence-corrected chi connectivity index (χ4v) is 4.02. The second kappa shape index (κ2) is 6.29. The van der Waals surface area contributed by atoms with Gasteiger partial charge in [0.25, 0.3) is 5.91 Å². The molecule has 3 atom stereocenters. The highest BCUT2D eigenvalue weighted by Gasteiger charge is 2.47. The Morgan fingerprint density at radius 2 is 2.39 bits per heavy atom. The average Bonchev–Trinajstić information content (AvgIpc) is 3.24. The zero-order valence-corrected chi connectivity index (χ0v) is 13.4. The van der Waals surface area contributed by atoms with Gasteiger partial charge in [0.05, 0.1) is 24.3 Å². The van der Waals surface area contributed by atoms with Gasteiger partial charge in [-0.2, -0.15) is 11.3 Å². The quantitative estimate of drug-likeness (QED) is 0.868. The molecule has 1 amide bonds. The van der Waals surface area contributed by atoms with Crippen LogP contribution in [0.3, 0.4) is 0 Å². The number of fused-ring (bicyclic) bond motifs is 1. The molecule has 0 spiro atoms. The van der Waals surface area contributed by atoms with E-state index in [0.29, 0.717) is 6.54 Å². The van der Waals surface area contributed by atoms with Gasteiger partial charge in [-0.05, 0) is 36.4 Å². The Balaban J connectivity index is 1.56. The summed E-state index contributed by atoms with van der Waals surface area (Å²) in [7, 11) is 0. The minimum atomic E-state index is -0.146. The first-order chi connectivity index (χ1) is 11.3. The van der Waals surface area contributed by atoms with E-state index < -0.39 is 0 Å². The van der Waals surface area contributed by atoms with Gasteiger partial charge in [-0.3, -0.25) is 9.78 Å². The van der Waals surface area contributed by atoms with Crippen molar-refractivity contribution in [3.05, 3.63) is 46.9 Å². The lowest BCUT2D eigenvalue weighted by Crippen LogP contribution is -2.44. The van der Waals surface area contributed by atoms with E-state index in [9.17, 15) is 4.79 Å². The number of ether oxygens (including phenoxy) is 2. The van der Waals surface area contributed by atoms with Crippen LogP contribution in [-0.2, 0) is 4.74 Å². The number of pyridine rings is 1. The van der Waals surface area contributed by atoms with Gasteiger partial charge in [-0.1, -0.05) is 0 Å². The predicted octanol–water partition coefficient (Wildman–Crippen LogP) is 2.59. The van der Waals surface area contributed by atoms with Crippen molar-refractivity contribution >= 4 is 17.2 Å². The van der Waals surface area contributed by atoms with Crippen LogP contribution in [0.5, 0.6) is 5.75 Å². The van der Waals surface area contributed by atoms with Crippen molar-refractivity contribution in [2.24, 2.45) is 0 Å². The summed E-state index contributed by atoms with van der Waals surface area (Å²) in [6, 6.07) is 5.70. The Hall–Kier alpha value is -1.92. The summed E-state index contributed by atoms with van der Waals surface area (Å²) in [4.78, 5) is 18.8. The van der Waals surface area contributed by atoms with Crippen LogP contribution < -0.4 is 4.74 Å². The van der Waals surface area contributed by atoms with Gasteiger partial charge in [-0.15, -0.1) is 0 Å². The first-order valence-corrected chi connectivity index (χ1v) is 8.78. The van der Waals surface area contributed by atoms with E-state index in [1.54, 1.807) is 23.7 Å². The van der Waals surface area contributed by atoms with Crippen molar-refractivity contribution in [2.45, 2.75) is 31.1 Å². The molecule has 0 saturated carbocycles. The van der Waals surface area contributed by atoms with Gasteiger partial charge in [0.15, 0.2) is 0 Å². The summed E-state index contributed by atoms with van der Waals surface area (Å²) in [5, 5.41) is 3.83. The van der Waals surface area contributed by atoms with E-state index in [1.807, 2.05) is 33.9 Å². The number of aromatic nitrogens is 1. The zero-order chi connectivity index (χ0) is 15.6. The summed E-state index contributed by atoms with van der Waals surface area (Å²) in [6.45, 7) is 1.29. The number of rotatable bonds is 3.